The van der Waals surface area contributed by atoms with Crippen LogP contribution in [-0.4, -0.2) is 28.3 Å². The molecule has 3 aromatic rings. The van der Waals surface area contributed by atoms with E-state index >= 15 is 0 Å². The van der Waals surface area contributed by atoms with Gasteiger partial charge < -0.3 is 10.6 Å². The van der Waals surface area contributed by atoms with E-state index in [1.807, 2.05) is 0 Å². The lowest BCUT2D eigenvalue weighted by molar-refractivity contribution is 0.0811. The summed E-state index contributed by atoms with van der Waals surface area (Å²) in [6, 6.07) is 8.91. The molecule has 0 bridgehead atoms. The van der Waals surface area contributed by atoms with Crippen LogP contribution >= 0.6 is 23.2 Å². The van der Waals surface area contributed by atoms with E-state index in [1.54, 1.807) is 0 Å². The van der Waals surface area contributed by atoms with Gasteiger partial charge in [-0.2, -0.15) is 4.98 Å². The Balaban J connectivity index is 2.07. The highest BCUT2D eigenvalue weighted by Crippen LogP contribution is 2.20. The van der Waals surface area contributed by atoms with Crippen molar-refractivity contribution in [2.24, 2.45) is 0 Å². The number of amides is 1. The fraction of sp³-hybridized carbons (Fsp3) is 0.100. The molecule has 0 fully saturated rings. The number of ketones is 1. The van der Waals surface area contributed by atoms with Crippen molar-refractivity contribution in [1.82, 2.24) is 14.9 Å². The van der Waals surface area contributed by atoms with Crippen LogP contribution in [0.4, 0.5) is 14.6 Å². The number of carbonyl (C=O) groups excluding carboxylic acids is 2. The number of rotatable bonds is 6. The summed E-state index contributed by atoms with van der Waals surface area (Å²) in [5, 5.41) is 4.92. The average Bonchev–Trinajstić information content (AvgIpc) is 2.75. The summed E-state index contributed by atoms with van der Waals surface area (Å²) < 4.78 is 28.8. The molecule has 1 heterocycles. The highest BCUT2D eigenvalue weighted by Gasteiger charge is 2.27. The summed E-state index contributed by atoms with van der Waals surface area (Å²) in [5.74, 6) is -3.80. The van der Waals surface area contributed by atoms with Gasteiger partial charge in [-0.25, -0.2) is 13.6 Å². The zero-order valence-corrected chi connectivity index (χ0v) is 17.3. The molecule has 0 saturated carbocycles. The van der Waals surface area contributed by atoms with Gasteiger partial charge in [-0.05, 0) is 42.5 Å². The second-order valence-electron chi connectivity index (χ2n) is 6.25. The quantitative estimate of drug-likeness (QED) is 0.540. The number of halogens is 4. The summed E-state index contributed by atoms with van der Waals surface area (Å²) in [7, 11) is 1.36. The maximum Gasteiger partial charge on any atom is 0.351 e. The molecule has 0 spiro atoms. The van der Waals surface area contributed by atoms with Gasteiger partial charge in [0.25, 0.3) is 5.91 Å². The first-order valence-corrected chi connectivity index (χ1v) is 9.49. The molecule has 31 heavy (non-hydrogen) atoms. The van der Waals surface area contributed by atoms with Crippen molar-refractivity contribution in [3.63, 3.8) is 0 Å². The molecule has 0 aliphatic heterocycles. The van der Waals surface area contributed by atoms with E-state index in [4.69, 9.17) is 23.2 Å². The predicted octanol–water partition coefficient (Wildman–Crippen LogP) is 3.68. The molecule has 0 aliphatic rings. The van der Waals surface area contributed by atoms with Gasteiger partial charge in [0.2, 0.25) is 5.78 Å². The molecule has 7 nitrogen and oxygen atoms in total. The molecule has 1 aromatic heterocycles. The molecule has 2 N–H and O–H groups in total. The lowest BCUT2D eigenvalue weighted by atomic mass is 10.1. The van der Waals surface area contributed by atoms with Crippen LogP contribution in [-0.2, 0) is 0 Å². The van der Waals surface area contributed by atoms with Crippen LogP contribution in [0, 0.1) is 11.6 Å². The topological polar surface area (TPSA) is 93.1 Å². The smallest absolute Gasteiger partial charge is 0.351 e. The van der Waals surface area contributed by atoms with Gasteiger partial charge in [0.1, 0.15) is 5.82 Å². The minimum atomic E-state index is -1.72. The summed E-state index contributed by atoms with van der Waals surface area (Å²) in [5.41, 5.74) is -1.10. The first-order chi connectivity index (χ1) is 14.7. The third-order valence-electron chi connectivity index (χ3n) is 4.25. The second-order valence-corrected chi connectivity index (χ2v) is 7.10. The van der Waals surface area contributed by atoms with Crippen LogP contribution in [0.5, 0.6) is 0 Å². The monoisotopic (exact) mass is 466 g/mol. The Kier molecular flexibility index (Phi) is 6.67. The minimum Gasteiger partial charge on any atom is -0.370 e. The number of Topliss-reactive ketones (excluding diaryl/α,β-unsaturated/α-hetero) is 1. The van der Waals surface area contributed by atoms with Crippen molar-refractivity contribution < 1.29 is 18.4 Å². The number of aromatic nitrogens is 2. The molecular formula is C20H14Cl2F2N4O3. The highest BCUT2D eigenvalue weighted by atomic mass is 35.5. The standard InChI is InChI=1S/C20H14Cl2F2N4O3/c1-25-17-15(24)9-28(20(31)26-17)18(16(29)11-4-7-13(22)14(23)8-11)27-19(30)10-2-5-12(21)6-3-10/h2-9,18H,1H3,(H,27,30)(H,25,26,31). The minimum absolute atomic E-state index is 0.123. The Bertz CT molecular complexity index is 1220. The second kappa shape index (κ2) is 9.23. The number of nitrogens with one attached hydrogen (secondary N) is 2. The van der Waals surface area contributed by atoms with Crippen LogP contribution in [0.15, 0.2) is 53.5 Å². The first-order valence-electron chi connectivity index (χ1n) is 8.73. The fourth-order valence-electron chi connectivity index (χ4n) is 2.68. The number of benzene rings is 2. The van der Waals surface area contributed by atoms with E-state index in [9.17, 15) is 23.2 Å². The number of carbonyl (C=O) groups is 2. The van der Waals surface area contributed by atoms with Crippen molar-refractivity contribution in [3.05, 3.63) is 92.0 Å². The van der Waals surface area contributed by atoms with Gasteiger partial charge >= 0.3 is 5.69 Å². The Morgan fingerprint density at radius 3 is 2.29 bits per heavy atom. The number of nitrogens with zero attached hydrogens (tertiary/aromatic N) is 2. The molecule has 160 valence electrons. The van der Waals surface area contributed by atoms with Crippen LogP contribution in [0.2, 0.25) is 10.0 Å². The number of anilines is 1. The van der Waals surface area contributed by atoms with Crippen LogP contribution in [0.25, 0.3) is 0 Å². The first kappa shape index (κ1) is 22.4. The Morgan fingerprint density at radius 2 is 1.68 bits per heavy atom. The zero-order chi connectivity index (χ0) is 22.7. The van der Waals surface area contributed by atoms with E-state index in [1.165, 1.54) is 37.4 Å². The summed E-state index contributed by atoms with van der Waals surface area (Å²) >= 11 is 11.5. The van der Waals surface area contributed by atoms with Crippen LogP contribution in [0.3, 0.4) is 0 Å². The van der Waals surface area contributed by atoms with Crippen molar-refractivity contribution in [2.75, 3.05) is 12.4 Å². The maximum atomic E-state index is 14.3. The largest absolute Gasteiger partial charge is 0.370 e. The SMILES string of the molecule is CNc1nc(=O)n(C(NC(=O)c2ccc(Cl)cc2)C(=O)c2ccc(Cl)c(F)c2)cc1F. The maximum absolute atomic E-state index is 14.3. The zero-order valence-electron chi connectivity index (χ0n) is 15.8. The van der Waals surface area contributed by atoms with Gasteiger partial charge in [0.05, 0.1) is 11.2 Å². The van der Waals surface area contributed by atoms with Crippen molar-refractivity contribution in [3.8, 4) is 0 Å². The van der Waals surface area contributed by atoms with E-state index in [2.05, 4.69) is 15.6 Å². The third-order valence-corrected chi connectivity index (χ3v) is 4.81. The van der Waals surface area contributed by atoms with Crippen molar-refractivity contribution >= 4 is 40.7 Å². The molecule has 1 unspecified atom stereocenters. The van der Waals surface area contributed by atoms with Crippen LogP contribution in [0.1, 0.15) is 26.9 Å². The van der Waals surface area contributed by atoms with E-state index in [0.29, 0.717) is 9.59 Å². The van der Waals surface area contributed by atoms with Crippen LogP contribution < -0.4 is 16.3 Å². The molecular weight excluding hydrogens is 453 g/mol. The third kappa shape index (κ3) is 4.89. The van der Waals surface area contributed by atoms with E-state index < -0.39 is 35.2 Å². The Labute approximate surface area is 184 Å². The fourth-order valence-corrected chi connectivity index (χ4v) is 2.93. The summed E-state index contributed by atoms with van der Waals surface area (Å²) in [4.78, 5) is 41.7. The van der Waals surface area contributed by atoms with Gasteiger partial charge in [-0.1, -0.05) is 23.2 Å². The van der Waals surface area contributed by atoms with E-state index in [-0.39, 0.29) is 22.0 Å². The summed E-state index contributed by atoms with van der Waals surface area (Å²) in [6.07, 6.45) is -0.998. The number of hydrogen-bond donors (Lipinski definition) is 2. The van der Waals surface area contributed by atoms with Gasteiger partial charge in [-0.3, -0.25) is 14.2 Å². The van der Waals surface area contributed by atoms with Gasteiger partial charge in [0.15, 0.2) is 17.8 Å². The molecule has 0 saturated heterocycles. The lowest BCUT2D eigenvalue weighted by Crippen LogP contribution is -2.43. The lowest BCUT2D eigenvalue weighted by Gasteiger charge is -2.20. The Morgan fingerprint density at radius 1 is 1.03 bits per heavy atom. The van der Waals surface area contributed by atoms with E-state index in [0.717, 1.165) is 18.3 Å². The highest BCUT2D eigenvalue weighted by molar-refractivity contribution is 6.31. The number of hydrogen-bond acceptors (Lipinski definition) is 5. The molecule has 0 radical (unpaired) electrons. The van der Waals surface area contributed by atoms with Crippen molar-refractivity contribution in [1.29, 1.82) is 0 Å². The molecule has 0 aliphatic carbocycles. The Hall–Kier alpha value is -3.30. The normalized spacial score (nSPS) is 11.6. The molecule has 11 heteroatoms. The molecule has 1 amide bonds. The summed E-state index contributed by atoms with van der Waals surface area (Å²) in [6.45, 7) is 0. The predicted molar refractivity (Wildman–Crippen MR) is 112 cm³/mol. The molecule has 1 atom stereocenters. The molecule has 2 aromatic carbocycles. The average molecular weight is 467 g/mol. The van der Waals surface area contributed by atoms with Gasteiger partial charge in [-0.15, -0.1) is 0 Å². The molecule has 3 rings (SSSR count). The van der Waals surface area contributed by atoms with Crippen molar-refractivity contribution in [2.45, 2.75) is 6.17 Å². The van der Waals surface area contributed by atoms with Gasteiger partial charge in [0, 0.05) is 23.2 Å².